The summed E-state index contributed by atoms with van der Waals surface area (Å²) in [5.41, 5.74) is 6.07. The number of anilines is 1. The zero-order chi connectivity index (χ0) is 13.5. The number of benzene rings is 1. The number of aryl methyl sites for hydroxylation is 1. The molecule has 0 saturated heterocycles. The maximum atomic E-state index is 12.6. The highest BCUT2D eigenvalue weighted by Gasteiger charge is 2.30. The topological polar surface area (TPSA) is 43.8 Å². The summed E-state index contributed by atoms with van der Waals surface area (Å²) < 4.78 is 39.9. The summed E-state index contributed by atoms with van der Waals surface area (Å²) in [5.74, 6) is 0.340. The highest BCUT2D eigenvalue weighted by molar-refractivity contribution is 14.1. The molecule has 7 heteroatoms. The molecule has 1 heterocycles. The predicted molar refractivity (Wildman–Crippen MR) is 70.4 cm³/mol. The van der Waals surface area contributed by atoms with Gasteiger partial charge in [-0.25, -0.2) is 4.68 Å². The summed E-state index contributed by atoms with van der Waals surface area (Å²) in [5, 5.41) is 4.12. The van der Waals surface area contributed by atoms with Gasteiger partial charge in [0.15, 0.2) is 0 Å². The van der Waals surface area contributed by atoms with Gasteiger partial charge in [-0.1, -0.05) is 6.07 Å². The van der Waals surface area contributed by atoms with E-state index in [2.05, 4.69) is 5.10 Å². The summed E-state index contributed by atoms with van der Waals surface area (Å²) in [4.78, 5) is 0. The lowest BCUT2D eigenvalue weighted by atomic mass is 10.2. The second-order valence-electron chi connectivity index (χ2n) is 3.74. The smallest absolute Gasteiger partial charge is 0.383 e. The Hall–Kier alpha value is -1.25. The Morgan fingerprint density at radius 2 is 2.00 bits per heavy atom. The number of halogens is 4. The summed E-state index contributed by atoms with van der Waals surface area (Å²) >= 11 is 2.01. The van der Waals surface area contributed by atoms with Crippen LogP contribution in [0.4, 0.5) is 19.0 Å². The van der Waals surface area contributed by atoms with E-state index >= 15 is 0 Å². The van der Waals surface area contributed by atoms with Crippen LogP contribution in [0.5, 0.6) is 0 Å². The van der Waals surface area contributed by atoms with Crippen molar-refractivity contribution in [3.8, 4) is 5.69 Å². The average molecular weight is 367 g/mol. The first-order valence-electron chi connectivity index (χ1n) is 4.99. The second kappa shape index (κ2) is 4.45. The quantitative estimate of drug-likeness (QED) is 0.786. The number of aromatic nitrogens is 2. The number of hydrogen-bond acceptors (Lipinski definition) is 2. The van der Waals surface area contributed by atoms with Crippen molar-refractivity contribution in [1.82, 2.24) is 9.78 Å². The summed E-state index contributed by atoms with van der Waals surface area (Å²) in [7, 11) is 0. The predicted octanol–water partition coefficient (Wildman–Crippen LogP) is 3.39. The fourth-order valence-corrected chi connectivity index (χ4v) is 1.87. The van der Waals surface area contributed by atoms with Gasteiger partial charge in [0.1, 0.15) is 5.82 Å². The van der Waals surface area contributed by atoms with Crippen LogP contribution in [0.1, 0.15) is 11.3 Å². The van der Waals surface area contributed by atoms with Crippen LogP contribution in [0.25, 0.3) is 5.69 Å². The first-order valence-corrected chi connectivity index (χ1v) is 6.07. The van der Waals surface area contributed by atoms with Crippen LogP contribution >= 0.6 is 22.6 Å². The molecule has 0 radical (unpaired) electrons. The molecule has 2 rings (SSSR count). The molecular formula is C11H9F3IN3. The Bertz CT molecular complexity index is 590. The van der Waals surface area contributed by atoms with Crippen molar-refractivity contribution in [1.29, 1.82) is 0 Å². The molecule has 18 heavy (non-hydrogen) atoms. The van der Waals surface area contributed by atoms with E-state index in [4.69, 9.17) is 5.73 Å². The van der Waals surface area contributed by atoms with Gasteiger partial charge in [0.2, 0.25) is 0 Å². The first-order chi connectivity index (χ1) is 8.30. The SMILES string of the molecule is Cc1nn(-c2cccc(C(F)(F)F)c2)c(N)c1I. The number of hydrogen-bond donors (Lipinski definition) is 1. The van der Waals surface area contributed by atoms with E-state index in [0.29, 0.717) is 17.2 Å². The molecular weight excluding hydrogens is 358 g/mol. The van der Waals surface area contributed by atoms with Crippen LogP contribution < -0.4 is 5.73 Å². The molecule has 2 N–H and O–H groups in total. The zero-order valence-corrected chi connectivity index (χ0v) is 11.5. The normalized spacial score (nSPS) is 11.8. The minimum atomic E-state index is -4.37. The molecule has 0 aliphatic heterocycles. The van der Waals surface area contributed by atoms with Crippen molar-refractivity contribution < 1.29 is 13.2 Å². The number of nitrogens with two attached hydrogens (primary N) is 1. The third-order valence-corrected chi connectivity index (χ3v) is 3.77. The van der Waals surface area contributed by atoms with Crippen LogP contribution in [0.3, 0.4) is 0 Å². The van der Waals surface area contributed by atoms with Gasteiger partial charge in [0.25, 0.3) is 0 Å². The Morgan fingerprint density at radius 1 is 1.33 bits per heavy atom. The third-order valence-electron chi connectivity index (χ3n) is 2.44. The lowest BCUT2D eigenvalue weighted by Gasteiger charge is -2.09. The summed E-state index contributed by atoms with van der Waals surface area (Å²) in [6.07, 6.45) is -4.37. The number of rotatable bonds is 1. The molecule has 3 nitrogen and oxygen atoms in total. The summed E-state index contributed by atoms with van der Waals surface area (Å²) in [6.45, 7) is 1.75. The fraction of sp³-hybridized carbons (Fsp3) is 0.182. The highest BCUT2D eigenvalue weighted by Crippen LogP contribution is 2.31. The Morgan fingerprint density at radius 3 is 2.50 bits per heavy atom. The minimum Gasteiger partial charge on any atom is -0.383 e. The number of nitrogens with zero attached hydrogens (tertiary/aromatic N) is 2. The van der Waals surface area contributed by atoms with Crippen molar-refractivity contribution in [3.63, 3.8) is 0 Å². The molecule has 0 aliphatic carbocycles. The van der Waals surface area contributed by atoms with E-state index in [-0.39, 0.29) is 0 Å². The van der Waals surface area contributed by atoms with E-state index in [0.717, 1.165) is 15.7 Å². The van der Waals surface area contributed by atoms with E-state index in [1.165, 1.54) is 16.8 Å². The van der Waals surface area contributed by atoms with Crippen molar-refractivity contribution in [2.45, 2.75) is 13.1 Å². The van der Waals surface area contributed by atoms with Crippen molar-refractivity contribution in [2.24, 2.45) is 0 Å². The lowest BCUT2D eigenvalue weighted by Crippen LogP contribution is -2.08. The fourth-order valence-electron chi connectivity index (χ4n) is 1.54. The van der Waals surface area contributed by atoms with E-state index in [9.17, 15) is 13.2 Å². The number of nitrogen functional groups attached to an aromatic ring is 1. The molecule has 0 fully saturated rings. The van der Waals surface area contributed by atoms with Crippen LogP contribution in [0, 0.1) is 10.5 Å². The summed E-state index contributed by atoms with van der Waals surface area (Å²) in [6, 6.07) is 4.91. The van der Waals surface area contributed by atoms with Crippen molar-refractivity contribution in [3.05, 3.63) is 39.1 Å². The van der Waals surface area contributed by atoms with Gasteiger partial charge in [-0.2, -0.15) is 18.3 Å². The maximum Gasteiger partial charge on any atom is 0.416 e. The van der Waals surface area contributed by atoms with E-state index < -0.39 is 11.7 Å². The third kappa shape index (κ3) is 2.31. The second-order valence-corrected chi connectivity index (χ2v) is 4.82. The molecule has 0 aliphatic rings. The highest BCUT2D eigenvalue weighted by atomic mass is 127. The van der Waals surface area contributed by atoms with Gasteiger partial charge in [-0.15, -0.1) is 0 Å². The largest absolute Gasteiger partial charge is 0.416 e. The van der Waals surface area contributed by atoms with Gasteiger partial charge in [0, 0.05) is 0 Å². The van der Waals surface area contributed by atoms with Gasteiger partial charge in [-0.3, -0.25) is 0 Å². The maximum absolute atomic E-state index is 12.6. The first kappa shape index (κ1) is 13.2. The van der Waals surface area contributed by atoms with E-state index in [1.54, 1.807) is 6.92 Å². The molecule has 0 atom stereocenters. The average Bonchev–Trinajstić information content (AvgIpc) is 2.56. The minimum absolute atomic E-state index is 0.299. The van der Waals surface area contributed by atoms with Crippen molar-refractivity contribution in [2.75, 3.05) is 5.73 Å². The Balaban J connectivity index is 2.55. The molecule has 0 bridgehead atoms. The molecule has 0 amide bonds. The van der Waals surface area contributed by atoms with Gasteiger partial charge < -0.3 is 5.73 Å². The molecule has 1 aromatic heterocycles. The number of alkyl halides is 3. The van der Waals surface area contributed by atoms with Crippen molar-refractivity contribution >= 4 is 28.4 Å². The van der Waals surface area contributed by atoms with Crippen LogP contribution in [0.2, 0.25) is 0 Å². The molecule has 0 spiro atoms. The van der Waals surface area contributed by atoms with Crippen LogP contribution in [-0.2, 0) is 6.18 Å². The van der Waals surface area contributed by atoms with Crippen LogP contribution in [-0.4, -0.2) is 9.78 Å². The standard InChI is InChI=1S/C11H9F3IN3/c1-6-9(15)10(16)18(17-6)8-4-2-3-7(5-8)11(12,13)14/h2-5H,16H2,1H3. The monoisotopic (exact) mass is 367 g/mol. The van der Waals surface area contributed by atoms with E-state index in [1.807, 2.05) is 22.6 Å². The van der Waals surface area contributed by atoms with Gasteiger partial charge in [-0.05, 0) is 47.7 Å². The van der Waals surface area contributed by atoms with Gasteiger partial charge >= 0.3 is 6.18 Å². The Kier molecular flexibility index (Phi) is 3.26. The Labute approximate surface area is 115 Å². The van der Waals surface area contributed by atoms with Gasteiger partial charge in [0.05, 0.1) is 20.5 Å². The molecule has 0 saturated carbocycles. The molecule has 0 unspecified atom stereocenters. The van der Waals surface area contributed by atoms with Crippen LogP contribution in [0.15, 0.2) is 24.3 Å². The molecule has 1 aromatic carbocycles. The lowest BCUT2D eigenvalue weighted by molar-refractivity contribution is -0.137. The molecule has 96 valence electrons. The zero-order valence-electron chi connectivity index (χ0n) is 9.29. The molecule has 2 aromatic rings.